The number of carbonyl (C=O) groups is 1. The lowest BCUT2D eigenvalue weighted by molar-refractivity contribution is 0.0642. The first kappa shape index (κ1) is 21.2. The number of rotatable bonds is 5. The summed E-state index contributed by atoms with van der Waals surface area (Å²) in [5, 5.41) is 3.43. The zero-order valence-electron chi connectivity index (χ0n) is 16.0. The molecule has 1 amide bonds. The molecule has 6 heteroatoms. The average Bonchev–Trinajstić information content (AvgIpc) is 2.96. The van der Waals surface area contributed by atoms with Gasteiger partial charge in [-0.1, -0.05) is 12.1 Å². The van der Waals surface area contributed by atoms with Crippen molar-refractivity contribution in [3.8, 4) is 5.75 Å². The Morgan fingerprint density at radius 1 is 1.26 bits per heavy atom. The van der Waals surface area contributed by atoms with Crippen molar-refractivity contribution in [3.05, 3.63) is 59.4 Å². The monoisotopic (exact) mass is 389 g/mol. The number of aromatic nitrogens is 1. The van der Waals surface area contributed by atoms with Gasteiger partial charge < -0.3 is 15.0 Å². The van der Waals surface area contributed by atoms with Gasteiger partial charge in [0, 0.05) is 17.8 Å². The molecule has 27 heavy (non-hydrogen) atoms. The molecule has 1 aromatic carbocycles. The predicted octanol–water partition coefficient (Wildman–Crippen LogP) is 3.60. The van der Waals surface area contributed by atoms with Crippen LogP contribution >= 0.6 is 12.4 Å². The number of ether oxygens (including phenoxy) is 1. The van der Waals surface area contributed by atoms with Crippen LogP contribution in [0.15, 0.2) is 42.6 Å². The zero-order chi connectivity index (χ0) is 18.4. The normalized spacial score (nSPS) is 16.7. The molecular weight excluding hydrogens is 362 g/mol. The number of nitrogens with one attached hydrogen (secondary N) is 1. The van der Waals surface area contributed by atoms with Gasteiger partial charge in [0.05, 0.1) is 19.3 Å². The molecule has 0 aliphatic carbocycles. The van der Waals surface area contributed by atoms with E-state index < -0.39 is 0 Å². The van der Waals surface area contributed by atoms with Crippen molar-refractivity contribution < 1.29 is 9.53 Å². The van der Waals surface area contributed by atoms with Crippen molar-refractivity contribution in [2.75, 3.05) is 20.2 Å². The maximum absolute atomic E-state index is 13.4. The molecule has 1 atom stereocenters. The molecule has 1 unspecified atom stereocenters. The van der Waals surface area contributed by atoms with Crippen LogP contribution in [0, 0.1) is 6.92 Å². The van der Waals surface area contributed by atoms with Crippen LogP contribution in [-0.2, 0) is 6.54 Å². The Morgan fingerprint density at radius 3 is 2.85 bits per heavy atom. The summed E-state index contributed by atoms with van der Waals surface area (Å²) >= 11 is 0. The lowest BCUT2D eigenvalue weighted by Crippen LogP contribution is -2.40. The Bertz CT molecular complexity index is 731. The third kappa shape index (κ3) is 5.44. The van der Waals surface area contributed by atoms with Crippen molar-refractivity contribution >= 4 is 18.3 Å². The van der Waals surface area contributed by atoms with E-state index in [1.54, 1.807) is 13.3 Å². The van der Waals surface area contributed by atoms with Crippen LogP contribution in [0.25, 0.3) is 0 Å². The van der Waals surface area contributed by atoms with Gasteiger partial charge in [0.15, 0.2) is 0 Å². The van der Waals surface area contributed by atoms with Gasteiger partial charge >= 0.3 is 0 Å². The average molecular weight is 390 g/mol. The van der Waals surface area contributed by atoms with Crippen LogP contribution in [0.4, 0.5) is 0 Å². The Labute approximate surface area is 167 Å². The highest BCUT2D eigenvalue weighted by atomic mass is 35.5. The quantitative estimate of drug-likeness (QED) is 0.848. The molecule has 1 aliphatic rings. The molecule has 0 bridgehead atoms. The number of hydrogen-bond donors (Lipinski definition) is 1. The summed E-state index contributed by atoms with van der Waals surface area (Å²) in [5.74, 6) is 0.789. The van der Waals surface area contributed by atoms with E-state index in [1.165, 1.54) is 0 Å². The van der Waals surface area contributed by atoms with Gasteiger partial charge in [0.2, 0.25) is 0 Å². The minimum absolute atomic E-state index is 0. The minimum atomic E-state index is 0. The van der Waals surface area contributed by atoms with Crippen molar-refractivity contribution in [2.24, 2.45) is 0 Å². The van der Waals surface area contributed by atoms with Crippen molar-refractivity contribution in [3.63, 3.8) is 0 Å². The summed E-state index contributed by atoms with van der Waals surface area (Å²) in [4.78, 5) is 19.8. The van der Waals surface area contributed by atoms with E-state index in [2.05, 4.69) is 10.3 Å². The molecule has 1 saturated heterocycles. The fraction of sp³-hybridized carbons (Fsp3) is 0.429. The number of amides is 1. The lowest BCUT2D eigenvalue weighted by atomic mass is 10.0. The fourth-order valence-electron chi connectivity index (χ4n) is 3.46. The smallest absolute Gasteiger partial charge is 0.254 e. The Hall–Kier alpha value is -2.11. The molecule has 3 rings (SSSR count). The molecule has 1 aromatic heterocycles. The first-order chi connectivity index (χ1) is 12.7. The van der Waals surface area contributed by atoms with Gasteiger partial charge in [-0.05, 0) is 69.1 Å². The Kier molecular flexibility index (Phi) is 8.07. The van der Waals surface area contributed by atoms with Crippen molar-refractivity contribution in [2.45, 2.75) is 38.8 Å². The van der Waals surface area contributed by atoms with E-state index in [1.807, 2.05) is 48.2 Å². The summed E-state index contributed by atoms with van der Waals surface area (Å²) in [6.07, 6.45) is 4.82. The van der Waals surface area contributed by atoms with Gasteiger partial charge in [0.1, 0.15) is 5.75 Å². The van der Waals surface area contributed by atoms with Crippen LogP contribution in [0.5, 0.6) is 5.75 Å². The third-order valence-electron chi connectivity index (χ3n) is 4.96. The second-order valence-electron chi connectivity index (χ2n) is 6.77. The Morgan fingerprint density at radius 2 is 2.11 bits per heavy atom. The van der Waals surface area contributed by atoms with Gasteiger partial charge in [-0.2, -0.15) is 0 Å². The summed E-state index contributed by atoms with van der Waals surface area (Å²) in [6.45, 7) is 4.46. The first-order valence-electron chi connectivity index (χ1n) is 9.25. The van der Waals surface area contributed by atoms with E-state index in [0.717, 1.165) is 49.4 Å². The number of halogens is 1. The van der Waals surface area contributed by atoms with Gasteiger partial charge in [0.25, 0.3) is 5.91 Å². The zero-order valence-corrected chi connectivity index (χ0v) is 16.8. The summed E-state index contributed by atoms with van der Waals surface area (Å²) in [7, 11) is 1.64. The third-order valence-corrected chi connectivity index (χ3v) is 4.96. The first-order valence-corrected chi connectivity index (χ1v) is 9.25. The maximum atomic E-state index is 13.4. The number of methoxy groups -OCH3 is 1. The highest BCUT2D eigenvalue weighted by Gasteiger charge is 2.26. The van der Waals surface area contributed by atoms with Crippen LogP contribution in [0.1, 0.15) is 40.9 Å². The number of pyridine rings is 1. The number of aryl methyl sites for hydroxylation is 1. The molecule has 0 radical (unpaired) electrons. The lowest BCUT2D eigenvalue weighted by Gasteiger charge is -2.31. The second-order valence-corrected chi connectivity index (χ2v) is 6.77. The molecule has 1 fully saturated rings. The van der Waals surface area contributed by atoms with Crippen LogP contribution in [-0.4, -0.2) is 42.0 Å². The summed E-state index contributed by atoms with van der Waals surface area (Å²) in [6, 6.07) is 11.7. The standard InChI is InChI=1S/C21H27N3O2.ClH/c1-16-8-9-17(14-20(16)26-2)21(25)24(15-18-6-3-4-12-23-18)19-7-5-11-22-13-10-19;/h3-4,6,8-9,12,14,19,22H,5,7,10-11,13,15H2,1-2H3;1H. The topological polar surface area (TPSA) is 54.5 Å². The molecule has 2 aromatic rings. The van der Waals surface area contributed by atoms with E-state index in [0.29, 0.717) is 12.1 Å². The molecule has 0 saturated carbocycles. The second kappa shape index (κ2) is 10.3. The van der Waals surface area contributed by atoms with Crippen molar-refractivity contribution in [1.82, 2.24) is 15.2 Å². The molecule has 1 N–H and O–H groups in total. The number of carbonyl (C=O) groups excluding carboxylic acids is 1. The summed E-state index contributed by atoms with van der Waals surface area (Å²) < 4.78 is 5.41. The SMILES string of the molecule is COc1cc(C(=O)N(Cc2ccccn2)C2CCCNCC2)ccc1C.Cl. The molecule has 1 aliphatic heterocycles. The molecular formula is C21H28ClN3O2. The van der Waals surface area contributed by atoms with E-state index in [-0.39, 0.29) is 24.4 Å². The van der Waals surface area contributed by atoms with Gasteiger partial charge in [-0.25, -0.2) is 0 Å². The number of nitrogens with zero attached hydrogens (tertiary/aromatic N) is 2. The Balaban J connectivity index is 0.00000261. The molecule has 5 nitrogen and oxygen atoms in total. The minimum Gasteiger partial charge on any atom is -0.496 e. The fourth-order valence-corrected chi connectivity index (χ4v) is 3.46. The maximum Gasteiger partial charge on any atom is 0.254 e. The van der Waals surface area contributed by atoms with Crippen LogP contribution < -0.4 is 10.1 Å². The van der Waals surface area contributed by atoms with Crippen LogP contribution in [0.3, 0.4) is 0 Å². The largest absolute Gasteiger partial charge is 0.496 e. The summed E-state index contributed by atoms with van der Waals surface area (Å²) in [5.41, 5.74) is 2.61. The molecule has 146 valence electrons. The van der Waals surface area contributed by atoms with E-state index >= 15 is 0 Å². The highest BCUT2D eigenvalue weighted by molar-refractivity contribution is 5.95. The molecule has 0 spiro atoms. The predicted molar refractivity (Wildman–Crippen MR) is 110 cm³/mol. The van der Waals surface area contributed by atoms with Crippen LogP contribution in [0.2, 0.25) is 0 Å². The van der Waals surface area contributed by atoms with E-state index in [9.17, 15) is 4.79 Å². The highest BCUT2D eigenvalue weighted by Crippen LogP contribution is 2.23. The number of benzene rings is 1. The van der Waals surface area contributed by atoms with Gasteiger partial charge in [-0.3, -0.25) is 9.78 Å². The van der Waals surface area contributed by atoms with Crippen molar-refractivity contribution in [1.29, 1.82) is 0 Å². The number of hydrogen-bond acceptors (Lipinski definition) is 4. The van der Waals surface area contributed by atoms with Gasteiger partial charge in [-0.15, -0.1) is 12.4 Å². The van der Waals surface area contributed by atoms with E-state index in [4.69, 9.17) is 4.74 Å². The molecule has 2 heterocycles.